The Kier molecular flexibility index (Phi) is 5.88. The molecule has 0 spiro atoms. The summed E-state index contributed by atoms with van der Waals surface area (Å²) in [4.78, 5) is 25.8. The predicted molar refractivity (Wildman–Crippen MR) is 113 cm³/mol. The van der Waals surface area contributed by atoms with Gasteiger partial charge in [0.2, 0.25) is 0 Å². The van der Waals surface area contributed by atoms with Gasteiger partial charge in [0.15, 0.2) is 5.76 Å². The van der Waals surface area contributed by atoms with E-state index < -0.39 is 0 Å². The average molecular weight is 406 g/mol. The molecular formula is C23H27N5O2. The fourth-order valence-corrected chi connectivity index (χ4v) is 4.18. The van der Waals surface area contributed by atoms with Crippen LogP contribution in [0.5, 0.6) is 0 Å². The van der Waals surface area contributed by atoms with Gasteiger partial charge in [-0.2, -0.15) is 0 Å². The van der Waals surface area contributed by atoms with Gasteiger partial charge in [-0.1, -0.05) is 5.16 Å². The standard InChI is InChI=1S/C23H27N5O2/c1-14-11-21(30-28-14)20-13-25-16(3)27-22(20)18-8-6-17(7-9-18)12-26-23(29)19-5-4-10-24-15(19)2/h4-5,10-11,13,17-18H,6-9,12H2,1-3H3,(H,26,29). The largest absolute Gasteiger partial charge is 0.356 e. The van der Waals surface area contributed by atoms with Crippen LogP contribution in [0.2, 0.25) is 0 Å². The highest BCUT2D eigenvalue weighted by Crippen LogP contribution is 2.38. The van der Waals surface area contributed by atoms with Gasteiger partial charge in [-0.25, -0.2) is 9.97 Å². The van der Waals surface area contributed by atoms with Crippen LogP contribution < -0.4 is 5.32 Å². The van der Waals surface area contributed by atoms with E-state index >= 15 is 0 Å². The van der Waals surface area contributed by atoms with Gasteiger partial charge in [-0.3, -0.25) is 9.78 Å². The first-order valence-electron chi connectivity index (χ1n) is 10.5. The van der Waals surface area contributed by atoms with E-state index in [4.69, 9.17) is 9.51 Å². The summed E-state index contributed by atoms with van der Waals surface area (Å²) in [6.45, 7) is 6.38. The van der Waals surface area contributed by atoms with E-state index in [1.54, 1.807) is 12.3 Å². The van der Waals surface area contributed by atoms with E-state index in [0.717, 1.165) is 59.9 Å². The number of aryl methyl sites for hydroxylation is 3. The Hall–Kier alpha value is -3.09. The molecule has 0 aromatic carbocycles. The van der Waals surface area contributed by atoms with Crippen LogP contribution in [0.4, 0.5) is 0 Å². The fraction of sp³-hybridized carbons (Fsp3) is 0.435. The van der Waals surface area contributed by atoms with Gasteiger partial charge in [0.1, 0.15) is 5.82 Å². The van der Waals surface area contributed by atoms with Gasteiger partial charge in [0, 0.05) is 36.6 Å². The molecule has 0 radical (unpaired) electrons. The van der Waals surface area contributed by atoms with Crippen LogP contribution in [0.3, 0.4) is 0 Å². The summed E-state index contributed by atoms with van der Waals surface area (Å²) in [5.41, 5.74) is 4.24. The lowest BCUT2D eigenvalue weighted by Gasteiger charge is -2.29. The second-order valence-corrected chi connectivity index (χ2v) is 8.11. The van der Waals surface area contributed by atoms with Crippen LogP contribution in [0.15, 0.2) is 35.1 Å². The molecule has 3 aromatic rings. The Balaban J connectivity index is 1.39. The van der Waals surface area contributed by atoms with E-state index in [2.05, 4.69) is 20.4 Å². The van der Waals surface area contributed by atoms with Crippen molar-refractivity contribution >= 4 is 5.91 Å². The Morgan fingerprint density at radius 3 is 2.67 bits per heavy atom. The summed E-state index contributed by atoms with van der Waals surface area (Å²) in [6.07, 6.45) is 7.71. The molecule has 1 fully saturated rings. The van der Waals surface area contributed by atoms with Crippen molar-refractivity contribution in [2.75, 3.05) is 6.54 Å². The van der Waals surface area contributed by atoms with Crippen LogP contribution in [-0.4, -0.2) is 32.6 Å². The Morgan fingerprint density at radius 2 is 1.97 bits per heavy atom. The first-order valence-corrected chi connectivity index (χ1v) is 10.5. The third kappa shape index (κ3) is 4.40. The third-order valence-electron chi connectivity index (χ3n) is 5.87. The number of hydrogen-bond donors (Lipinski definition) is 1. The number of aromatic nitrogens is 4. The van der Waals surface area contributed by atoms with Crippen molar-refractivity contribution in [1.82, 2.24) is 25.4 Å². The number of amides is 1. The van der Waals surface area contributed by atoms with Gasteiger partial charge >= 0.3 is 0 Å². The molecule has 7 heteroatoms. The van der Waals surface area contributed by atoms with E-state index in [-0.39, 0.29) is 5.91 Å². The Labute approximate surface area is 176 Å². The SMILES string of the molecule is Cc1cc(-c2cnc(C)nc2C2CCC(CNC(=O)c3cccnc3C)CC2)on1. The Morgan fingerprint density at radius 1 is 1.17 bits per heavy atom. The zero-order valence-corrected chi connectivity index (χ0v) is 17.7. The maximum atomic E-state index is 12.5. The van der Waals surface area contributed by atoms with Gasteiger partial charge in [0.25, 0.3) is 5.91 Å². The molecule has 1 amide bonds. The maximum Gasteiger partial charge on any atom is 0.253 e. The normalized spacial score (nSPS) is 18.9. The van der Waals surface area contributed by atoms with Gasteiger partial charge < -0.3 is 9.84 Å². The monoisotopic (exact) mass is 405 g/mol. The number of nitrogens with zero attached hydrogens (tertiary/aromatic N) is 4. The molecule has 0 saturated heterocycles. The van der Waals surface area contributed by atoms with E-state index in [9.17, 15) is 4.79 Å². The number of pyridine rings is 1. The summed E-state index contributed by atoms with van der Waals surface area (Å²) < 4.78 is 5.48. The molecule has 1 aliphatic rings. The van der Waals surface area contributed by atoms with Crippen LogP contribution in [0, 0.1) is 26.7 Å². The second-order valence-electron chi connectivity index (χ2n) is 8.11. The number of carbonyl (C=O) groups is 1. The molecule has 30 heavy (non-hydrogen) atoms. The lowest BCUT2D eigenvalue weighted by atomic mass is 9.79. The number of nitrogens with one attached hydrogen (secondary N) is 1. The summed E-state index contributed by atoms with van der Waals surface area (Å²) in [7, 11) is 0. The molecule has 0 bridgehead atoms. The van der Waals surface area contributed by atoms with E-state index in [1.807, 2.05) is 39.1 Å². The lowest BCUT2D eigenvalue weighted by Crippen LogP contribution is -2.31. The van der Waals surface area contributed by atoms with Crippen LogP contribution in [0.1, 0.15) is 64.9 Å². The minimum absolute atomic E-state index is 0.0443. The lowest BCUT2D eigenvalue weighted by molar-refractivity contribution is 0.0941. The minimum atomic E-state index is -0.0443. The molecule has 3 heterocycles. The van der Waals surface area contributed by atoms with Gasteiger partial charge in [0.05, 0.1) is 22.5 Å². The third-order valence-corrected chi connectivity index (χ3v) is 5.87. The highest BCUT2D eigenvalue weighted by molar-refractivity contribution is 5.95. The molecule has 0 aliphatic heterocycles. The number of hydrogen-bond acceptors (Lipinski definition) is 6. The van der Waals surface area contributed by atoms with Crippen LogP contribution >= 0.6 is 0 Å². The van der Waals surface area contributed by atoms with Crippen molar-refractivity contribution in [2.45, 2.75) is 52.4 Å². The minimum Gasteiger partial charge on any atom is -0.356 e. The van der Waals surface area contributed by atoms with Crippen molar-refractivity contribution in [1.29, 1.82) is 0 Å². The molecule has 3 aromatic heterocycles. The number of carbonyl (C=O) groups excluding carboxylic acids is 1. The summed E-state index contributed by atoms with van der Waals surface area (Å²) in [5, 5.41) is 7.10. The molecule has 156 valence electrons. The molecule has 1 saturated carbocycles. The summed E-state index contributed by atoms with van der Waals surface area (Å²) in [6, 6.07) is 5.54. The van der Waals surface area contributed by atoms with E-state index in [0.29, 0.717) is 23.9 Å². The van der Waals surface area contributed by atoms with Gasteiger partial charge in [-0.05, 0) is 64.5 Å². The smallest absolute Gasteiger partial charge is 0.253 e. The topological polar surface area (TPSA) is 93.8 Å². The zero-order chi connectivity index (χ0) is 21.1. The van der Waals surface area contributed by atoms with Gasteiger partial charge in [-0.15, -0.1) is 0 Å². The highest BCUT2D eigenvalue weighted by Gasteiger charge is 2.27. The van der Waals surface area contributed by atoms with Crippen molar-refractivity contribution < 1.29 is 9.32 Å². The summed E-state index contributed by atoms with van der Waals surface area (Å²) in [5.74, 6) is 2.28. The first-order chi connectivity index (χ1) is 14.5. The molecule has 7 nitrogen and oxygen atoms in total. The van der Waals surface area contributed by atoms with Crippen molar-refractivity contribution in [3.8, 4) is 11.3 Å². The Bertz CT molecular complexity index is 1040. The number of rotatable bonds is 5. The fourth-order valence-electron chi connectivity index (χ4n) is 4.18. The highest BCUT2D eigenvalue weighted by atomic mass is 16.5. The zero-order valence-electron chi connectivity index (χ0n) is 17.7. The molecule has 1 aliphatic carbocycles. The van der Waals surface area contributed by atoms with Crippen LogP contribution in [-0.2, 0) is 0 Å². The van der Waals surface area contributed by atoms with Crippen molar-refractivity contribution in [3.05, 3.63) is 59.1 Å². The first kappa shape index (κ1) is 20.2. The molecule has 0 atom stereocenters. The van der Waals surface area contributed by atoms with Crippen LogP contribution in [0.25, 0.3) is 11.3 Å². The molecule has 4 rings (SSSR count). The molecular weight excluding hydrogens is 378 g/mol. The predicted octanol–water partition coefficient (Wildman–Crippen LogP) is 4.16. The quantitative estimate of drug-likeness (QED) is 0.685. The summed E-state index contributed by atoms with van der Waals surface area (Å²) >= 11 is 0. The molecule has 0 unspecified atom stereocenters. The second kappa shape index (κ2) is 8.73. The van der Waals surface area contributed by atoms with Crippen molar-refractivity contribution in [3.63, 3.8) is 0 Å². The maximum absolute atomic E-state index is 12.5. The van der Waals surface area contributed by atoms with E-state index in [1.165, 1.54) is 0 Å². The van der Waals surface area contributed by atoms with Crippen molar-refractivity contribution in [2.24, 2.45) is 5.92 Å². The molecule has 1 N–H and O–H groups in total. The average Bonchev–Trinajstić information content (AvgIpc) is 3.19.